The minimum Gasteiger partial charge on any atom is -0.394 e. The van der Waals surface area contributed by atoms with Crippen LogP contribution in [0.2, 0.25) is 5.02 Å². The first-order valence-electron chi connectivity index (χ1n) is 10.2. The third-order valence-electron chi connectivity index (χ3n) is 6.08. The van der Waals surface area contributed by atoms with Crippen molar-refractivity contribution in [3.8, 4) is 17.2 Å². The van der Waals surface area contributed by atoms with Crippen LogP contribution < -0.4 is 0 Å². The fraction of sp³-hybridized carbons (Fsp3) is 0.455. The zero-order chi connectivity index (χ0) is 22.3. The predicted octanol–water partition coefficient (Wildman–Crippen LogP) is 2.26. The number of hydrogen-bond acceptors (Lipinski definition) is 7. The van der Waals surface area contributed by atoms with E-state index in [0.29, 0.717) is 11.4 Å². The van der Waals surface area contributed by atoms with Crippen LogP contribution in [0, 0.1) is 16.0 Å². The van der Waals surface area contributed by atoms with Crippen molar-refractivity contribution in [1.29, 1.82) is 5.26 Å². The van der Waals surface area contributed by atoms with Crippen molar-refractivity contribution in [3.63, 3.8) is 0 Å². The first kappa shape index (κ1) is 22.4. The molecule has 0 saturated carbocycles. The summed E-state index contributed by atoms with van der Waals surface area (Å²) in [6, 6.07) is 9.42. The van der Waals surface area contributed by atoms with Crippen LogP contribution in [0.15, 0.2) is 24.3 Å². The third kappa shape index (κ3) is 3.81. The molecule has 2 heterocycles. The summed E-state index contributed by atoms with van der Waals surface area (Å²) in [5.41, 5.74) is 3.61. The van der Waals surface area contributed by atoms with Gasteiger partial charge in [0.2, 0.25) is 0 Å². The number of ether oxygens (including phenoxy) is 1. The fourth-order valence-electron chi connectivity index (χ4n) is 4.53. The van der Waals surface area contributed by atoms with E-state index in [2.05, 4.69) is 6.07 Å². The molecular formula is C22H23ClN2O5S. The second kappa shape index (κ2) is 8.96. The van der Waals surface area contributed by atoms with Crippen LogP contribution in [0.3, 0.4) is 0 Å². The van der Waals surface area contributed by atoms with Crippen molar-refractivity contribution in [2.75, 3.05) is 6.61 Å². The van der Waals surface area contributed by atoms with Crippen molar-refractivity contribution < 1.29 is 25.2 Å². The molecule has 0 radical (unpaired) electrons. The standard InChI is InChI=1S/C22H23ClN2O5S/c23-12-7-5-11(6-8-12)17-13-3-1-2-4-15(13)25(22(31)14(17)9-24)21-20(29)19(28)18(27)16(10-26)30-21/h5-8,16,18-21,26-29H,1-4,10H2/t16-,18+,19+,20-,21+/m0/s1. The zero-order valence-corrected chi connectivity index (χ0v) is 18.2. The van der Waals surface area contributed by atoms with Gasteiger partial charge in [-0.3, -0.25) is 0 Å². The molecule has 4 N–H and O–H groups in total. The Kier molecular flexibility index (Phi) is 6.47. The van der Waals surface area contributed by atoms with Gasteiger partial charge in [0, 0.05) is 16.3 Å². The van der Waals surface area contributed by atoms with E-state index in [-0.39, 0.29) is 10.2 Å². The molecule has 9 heteroatoms. The highest BCUT2D eigenvalue weighted by Gasteiger charge is 2.45. The summed E-state index contributed by atoms with van der Waals surface area (Å²) in [7, 11) is 0. The Morgan fingerprint density at radius 1 is 1.10 bits per heavy atom. The van der Waals surface area contributed by atoms with Gasteiger partial charge in [-0.25, -0.2) is 0 Å². The van der Waals surface area contributed by atoms with Gasteiger partial charge in [0.1, 0.15) is 35.1 Å². The number of nitriles is 1. The monoisotopic (exact) mass is 462 g/mol. The van der Waals surface area contributed by atoms with Gasteiger partial charge in [0.15, 0.2) is 6.23 Å². The first-order chi connectivity index (χ1) is 14.9. The summed E-state index contributed by atoms with van der Waals surface area (Å²) in [5, 5.41) is 51.3. The molecular weight excluding hydrogens is 440 g/mol. The second-order valence-corrected chi connectivity index (χ2v) is 8.72. The third-order valence-corrected chi connectivity index (χ3v) is 6.73. The molecule has 1 aliphatic carbocycles. The van der Waals surface area contributed by atoms with E-state index in [1.807, 2.05) is 12.1 Å². The number of hydrogen-bond donors (Lipinski definition) is 4. The minimum absolute atomic E-state index is 0.178. The van der Waals surface area contributed by atoms with Crippen LogP contribution >= 0.6 is 23.8 Å². The van der Waals surface area contributed by atoms with Gasteiger partial charge in [-0.15, -0.1) is 0 Å². The number of rotatable bonds is 3. The molecule has 1 aromatic heterocycles. The number of aliphatic hydroxyl groups is 4. The van der Waals surface area contributed by atoms with Crippen LogP contribution in [0.1, 0.15) is 35.9 Å². The van der Waals surface area contributed by atoms with Crippen LogP contribution in [0.25, 0.3) is 11.1 Å². The molecule has 31 heavy (non-hydrogen) atoms. The van der Waals surface area contributed by atoms with E-state index in [4.69, 9.17) is 28.6 Å². The average Bonchev–Trinajstić information content (AvgIpc) is 2.78. The first-order valence-corrected chi connectivity index (χ1v) is 10.9. The Morgan fingerprint density at radius 2 is 1.77 bits per heavy atom. The maximum Gasteiger partial charge on any atom is 0.164 e. The molecule has 1 saturated heterocycles. The Balaban J connectivity index is 1.96. The van der Waals surface area contributed by atoms with E-state index in [9.17, 15) is 25.7 Å². The summed E-state index contributed by atoms with van der Waals surface area (Å²) in [5.74, 6) is 0. The molecule has 4 rings (SSSR count). The molecule has 7 nitrogen and oxygen atoms in total. The summed E-state index contributed by atoms with van der Waals surface area (Å²) in [6.07, 6.45) is -3.48. The van der Waals surface area contributed by atoms with E-state index in [1.165, 1.54) is 0 Å². The second-order valence-electron chi connectivity index (χ2n) is 7.90. The van der Waals surface area contributed by atoms with E-state index in [0.717, 1.165) is 41.6 Å². The zero-order valence-electron chi connectivity index (χ0n) is 16.6. The van der Waals surface area contributed by atoms with Crippen LogP contribution in [-0.2, 0) is 17.6 Å². The molecule has 1 aliphatic heterocycles. The summed E-state index contributed by atoms with van der Waals surface area (Å²) < 4.78 is 7.55. The summed E-state index contributed by atoms with van der Waals surface area (Å²) in [6.45, 7) is -0.537. The minimum atomic E-state index is -1.53. The largest absolute Gasteiger partial charge is 0.394 e. The normalized spacial score (nSPS) is 28.1. The topological polar surface area (TPSA) is 119 Å². The van der Waals surface area contributed by atoms with Gasteiger partial charge in [0.25, 0.3) is 0 Å². The van der Waals surface area contributed by atoms with Crippen LogP contribution in [0.4, 0.5) is 0 Å². The number of aliphatic hydroxyl groups excluding tert-OH is 4. The lowest BCUT2D eigenvalue weighted by atomic mass is 9.86. The Hall–Kier alpha value is -1.83. The van der Waals surface area contributed by atoms with Gasteiger partial charge in [0.05, 0.1) is 12.2 Å². The van der Waals surface area contributed by atoms with E-state index < -0.39 is 37.3 Å². The van der Waals surface area contributed by atoms with Crippen molar-refractivity contribution in [3.05, 3.63) is 50.7 Å². The van der Waals surface area contributed by atoms with Crippen LogP contribution in [-0.4, -0.2) is 56.0 Å². The van der Waals surface area contributed by atoms with Gasteiger partial charge < -0.3 is 29.7 Å². The van der Waals surface area contributed by atoms with Crippen molar-refractivity contribution in [1.82, 2.24) is 4.57 Å². The van der Waals surface area contributed by atoms with Crippen molar-refractivity contribution >= 4 is 23.8 Å². The lowest BCUT2D eigenvalue weighted by Gasteiger charge is -2.42. The van der Waals surface area contributed by atoms with Gasteiger partial charge in [-0.2, -0.15) is 5.26 Å². The van der Waals surface area contributed by atoms with Gasteiger partial charge in [-0.05, 0) is 48.9 Å². The molecule has 1 aromatic carbocycles. The highest BCUT2D eigenvalue weighted by Crippen LogP contribution is 2.39. The molecule has 1 fully saturated rings. The highest BCUT2D eigenvalue weighted by molar-refractivity contribution is 7.71. The smallest absolute Gasteiger partial charge is 0.164 e. The molecule has 0 amide bonds. The maximum absolute atomic E-state index is 10.7. The number of pyridine rings is 1. The van der Waals surface area contributed by atoms with Crippen molar-refractivity contribution in [2.45, 2.75) is 56.3 Å². The van der Waals surface area contributed by atoms with Crippen LogP contribution in [0.5, 0.6) is 0 Å². The molecule has 0 spiro atoms. The SMILES string of the molecule is N#Cc1c(-c2ccc(Cl)cc2)c2c(n([C@@H]3O[C@@H](CO)[C@@H](O)[C@@H](O)[C@@H]3O)c1=S)CCCC2. The number of aromatic nitrogens is 1. The Bertz CT molecular complexity index is 1080. The highest BCUT2D eigenvalue weighted by atomic mass is 35.5. The summed E-state index contributed by atoms with van der Waals surface area (Å²) in [4.78, 5) is 0. The van der Waals surface area contributed by atoms with E-state index in [1.54, 1.807) is 16.7 Å². The maximum atomic E-state index is 10.7. The lowest BCUT2D eigenvalue weighted by Crippen LogP contribution is -2.57. The number of nitrogens with zero attached hydrogens (tertiary/aromatic N) is 2. The molecule has 2 aliphatic rings. The summed E-state index contributed by atoms with van der Waals surface area (Å²) >= 11 is 11.7. The van der Waals surface area contributed by atoms with Gasteiger partial charge in [-0.1, -0.05) is 36.0 Å². The molecule has 2 aromatic rings. The average molecular weight is 463 g/mol. The van der Waals surface area contributed by atoms with Gasteiger partial charge >= 0.3 is 0 Å². The number of fused-ring (bicyclic) bond motifs is 1. The van der Waals surface area contributed by atoms with Crippen molar-refractivity contribution in [2.24, 2.45) is 0 Å². The molecule has 5 atom stereocenters. The predicted molar refractivity (Wildman–Crippen MR) is 116 cm³/mol. The molecule has 0 unspecified atom stereocenters. The number of halogens is 1. The quantitative estimate of drug-likeness (QED) is 0.516. The Labute approximate surface area is 189 Å². The van der Waals surface area contributed by atoms with E-state index >= 15 is 0 Å². The molecule has 0 bridgehead atoms. The fourth-order valence-corrected chi connectivity index (χ4v) is 5.02. The Morgan fingerprint density at radius 3 is 2.42 bits per heavy atom. The molecule has 164 valence electrons. The number of benzene rings is 1. The lowest BCUT2D eigenvalue weighted by molar-refractivity contribution is -0.252.